The molecule has 112 valence electrons. The number of rotatable bonds is 2. The summed E-state index contributed by atoms with van der Waals surface area (Å²) in [4.78, 5) is 12.5. The highest BCUT2D eigenvalue weighted by Crippen LogP contribution is 2.36. The van der Waals surface area contributed by atoms with E-state index in [-0.39, 0.29) is 20.6 Å². The Morgan fingerprint density at radius 2 is 1.73 bits per heavy atom. The third-order valence-corrected chi connectivity index (χ3v) is 4.95. The van der Waals surface area contributed by atoms with Crippen molar-refractivity contribution in [2.24, 2.45) is 0 Å². The van der Waals surface area contributed by atoms with Gasteiger partial charge in [0.05, 0.1) is 15.7 Å². The van der Waals surface area contributed by atoms with Gasteiger partial charge < -0.3 is 5.32 Å². The Morgan fingerprint density at radius 1 is 1.05 bits per heavy atom. The number of carbonyl (C=O) groups is 1. The summed E-state index contributed by atoms with van der Waals surface area (Å²) in [6.07, 6.45) is 0. The van der Waals surface area contributed by atoms with Crippen molar-refractivity contribution in [3.8, 4) is 0 Å². The molecule has 0 radical (unpaired) electrons. The van der Waals surface area contributed by atoms with E-state index in [0.717, 1.165) is 17.4 Å². The first-order chi connectivity index (χ1) is 10.5. The standard InChI is InChI=1S/C15H7Cl2F2NOS/c16-10-5-7(18)2-4-11(10)20-15(21)14-13(17)9-3-1-8(19)6-12(9)22-14/h1-6H,(H,20,21). The Labute approximate surface area is 138 Å². The van der Waals surface area contributed by atoms with Crippen LogP contribution in [0.5, 0.6) is 0 Å². The third-order valence-electron chi connectivity index (χ3n) is 2.98. The fourth-order valence-corrected chi connectivity index (χ4v) is 3.61. The third kappa shape index (κ3) is 2.79. The lowest BCUT2D eigenvalue weighted by molar-refractivity contribution is 0.103. The van der Waals surface area contributed by atoms with Gasteiger partial charge in [-0.3, -0.25) is 4.79 Å². The minimum Gasteiger partial charge on any atom is -0.320 e. The molecule has 3 rings (SSSR count). The van der Waals surface area contributed by atoms with Gasteiger partial charge in [-0.2, -0.15) is 0 Å². The number of anilines is 1. The van der Waals surface area contributed by atoms with E-state index in [1.54, 1.807) is 0 Å². The van der Waals surface area contributed by atoms with E-state index in [1.807, 2.05) is 0 Å². The number of benzene rings is 2. The van der Waals surface area contributed by atoms with Crippen LogP contribution in [0.4, 0.5) is 14.5 Å². The average molecular weight is 358 g/mol. The maximum absolute atomic E-state index is 13.2. The largest absolute Gasteiger partial charge is 0.320 e. The van der Waals surface area contributed by atoms with Crippen LogP contribution >= 0.6 is 34.5 Å². The van der Waals surface area contributed by atoms with Crippen molar-refractivity contribution in [1.82, 2.24) is 0 Å². The minimum absolute atomic E-state index is 0.0802. The molecule has 1 aromatic heterocycles. The lowest BCUT2D eigenvalue weighted by Crippen LogP contribution is -2.11. The Bertz CT molecular complexity index is 895. The van der Waals surface area contributed by atoms with Gasteiger partial charge in [0.15, 0.2) is 0 Å². The van der Waals surface area contributed by atoms with Gasteiger partial charge in [0.2, 0.25) is 0 Å². The zero-order valence-corrected chi connectivity index (χ0v) is 13.1. The summed E-state index contributed by atoms with van der Waals surface area (Å²) in [6, 6.07) is 7.75. The zero-order valence-electron chi connectivity index (χ0n) is 10.8. The van der Waals surface area contributed by atoms with Crippen LogP contribution in [0.15, 0.2) is 36.4 Å². The summed E-state index contributed by atoms with van der Waals surface area (Å²) < 4.78 is 26.8. The van der Waals surface area contributed by atoms with E-state index in [2.05, 4.69) is 5.32 Å². The Kier molecular flexibility index (Phi) is 4.04. The highest BCUT2D eigenvalue weighted by molar-refractivity contribution is 7.21. The molecule has 2 aromatic carbocycles. The number of hydrogen-bond donors (Lipinski definition) is 1. The van der Waals surface area contributed by atoms with Crippen LogP contribution < -0.4 is 5.32 Å². The summed E-state index contributed by atoms with van der Waals surface area (Å²) in [7, 11) is 0. The SMILES string of the molecule is O=C(Nc1ccc(F)cc1Cl)c1sc2cc(F)ccc2c1Cl. The van der Waals surface area contributed by atoms with E-state index in [9.17, 15) is 13.6 Å². The molecule has 0 fully saturated rings. The van der Waals surface area contributed by atoms with Crippen molar-refractivity contribution in [2.75, 3.05) is 5.32 Å². The van der Waals surface area contributed by atoms with Gasteiger partial charge >= 0.3 is 0 Å². The van der Waals surface area contributed by atoms with E-state index in [4.69, 9.17) is 23.2 Å². The predicted octanol–water partition coefficient (Wildman–Crippen LogP) is 5.74. The summed E-state index contributed by atoms with van der Waals surface area (Å²) in [5.41, 5.74) is 0.271. The number of amides is 1. The predicted molar refractivity (Wildman–Crippen MR) is 86.2 cm³/mol. The van der Waals surface area contributed by atoms with Crippen molar-refractivity contribution in [3.05, 3.63) is 63.0 Å². The van der Waals surface area contributed by atoms with Crippen molar-refractivity contribution < 1.29 is 13.6 Å². The lowest BCUT2D eigenvalue weighted by Gasteiger charge is -2.06. The summed E-state index contributed by atoms with van der Waals surface area (Å²) in [6.45, 7) is 0. The van der Waals surface area contributed by atoms with E-state index >= 15 is 0 Å². The lowest BCUT2D eigenvalue weighted by atomic mass is 10.2. The molecular formula is C15H7Cl2F2NOS. The molecule has 0 aliphatic carbocycles. The average Bonchev–Trinajstić information content (AvgIpc) is 2.78. The first-order valence-electron chi connectivity index (χ1n) is 6.09. The molecule has 0 bridgehead atoms. The van der Waals surface area contributed by atoms with Gasteiger partial charge in [0.25, 0.3) is 5.91 Å². The molecule has 0 atom stereocenters. The molecule has 1 amide bonds. The maximum Gasteiger partial charge on any atom is 0.267 e. The first-order valence-corrected chi connectivity index (χ1v) is 7.67. The number of thiophene rings is 1. The molecule has 1 N–H and O–H groups in total. The number of fused-ring (bicyclic) bond motifs is 1. The Balaban J connectivity index is 1.97. The van der Waals surface area contributed by atoms with E-state index < -0.39 is 17.5 Å². The molecule has 22 heavy (non-hydrogen) atoms. The molecule has 0 saturated heterocycles. The molecular weight excluding hydrogens is 351 g/mol. The van der Waals surface area contributed by atoms with Gasteiger partial charge in [-0.1, -0.05) is 23.2 Å². The normalized spacial score (nSPS) is 10.9. The quantitative estimate of drug-likeness (QED) is 0.622. The molecule has 1 heterocycles. The van der Waals surface area contributed by atoms with Crippen LogP contribution in [0, 0.1) is 11.6 Å². The van der Waals surface area contributed by atoms with Gasteiger partial charge in [0, 0.05) is 10.1 Å². The first kappa shape index (κ1) is 15.2. The van der Waals surface area contributed by atoms with Crippen LogP contribution in [0.1, 0.15) is 9.67 Å². The maximum atomic E-state index is 13.2. The van der Waals surface area contributed by atoms with Crippen molar-refractivity contribution in [1.29, 1.82) is 0 Å². The van der Waals surface area contributed by atoms with Gasteiger partial charge in [-0.15, -0.1) is 11.3 Å². The van der Waals surface area contributed by atoms with Gasteiger partial charge in [-0.05, 0) is 36.4 Å². The van der Waals surface area contributed by atoms with E-state index in [1.165, 1.54) is 30.3 Å². The summed E-state index contributed by atoms with van der Waals surface area (Å²) >= 11 is 13.1. The van der Waals surface area contributed by atoms with Crippen LogP contribution in [0.2, 0.25) is 10.0 Å². The number of nitrogens with one attached hydrogen (secondary N) is 1. The smallest absolute Gasteiger partial charge is 0.267 e. The molecule has 0 spiro atoms. The zero-order chi connectivity index (χ0) is 15.9. The highest BCUT2D eigenvalue weighted by atomic mass is 35.5. The molecule has 2 nitrogen and oxygen atoms in total. The van der Waals surface area contributed by atoms with Crippen molar-refractivity contribution in [3.63, 3.8) is 0 Å². The Hall–Kier alpha value is -1.69. The van der Waals surface area contributed by atoms with Crippen LogP contribution in [0.25, 0.3) is 10.1 Å². The molecule has 0 aliphatic rings. The Morgan fingerprint density at radius 3 is 2.45 bits per heavy atom. The highest BCUT2D eigenvalue weighted by Gasteiger charge is 2.18. The second-order valence-corrected chi connectivity index (χ2v) is 6.30. The second kappa shape index (κ2) is 5.83. The van der Waals surface area contributed by atoms with Gasteiger partial charge in [0.1, 0.15) is 16.5 Å². The van der Waals surface area contributed by atoms with Crippen LogP contribution in [-0.2, 0) is 0 Å². The van der Waals surface area contributed by atoms with Crippen molar-refractivity contribution >= 4 is 56.2 Å². The number of hydrogen-bond acceptors (Lipinski definition) is 2. The summed E-state index contributed by atoms with van der Waals surface area (Å²) in [5.74, 6) is -1.39. The molecule has 0 aliphatic heterocycles. The van der Waals surface area contributed by atoms with Crippen molar-refractivity contribution in [2.45, 2.75) is 0 Å². The second-order valence-electron chi connectivity index (χ2n) is 4.46. The minimum atomic E-state index is -0.502. The molecule has 7 heteroatoms. The van der Waals surface area contributed by atoms with Crippen LogP contribution in [0.3, 0.4) is 0 Å². The number of halogens is 4. The monoisotopic (exact) mass is 357 g/mol. The topological polar surface area (TPSA) is 29.1 Å². The van der Waals surface area contributed by atoms with Crippen LogP contribution in [-0.4, -0.2) is 5.91 Å². The molecule has 3 aromatic rings. The molecule has 0 unspecified atom stereocenters. The summed E-state index contributed by atoms with van der Waals surface area (Å²) in [5, 5.41) is 3.49. The fourth-order valence-electron chi connectivity index (χ4n) is 1.95. The molecule has 0 saturated carbocycles. The van der Waals surface area contributed by atoms with E-state index in [0.29, 0.717) is 10.1 Å². The van der Waals surface area contributed by atoms with Gasteiger partial charge in [-0.25, -0.2) is 8.78 Å². The number of carbonyl (C=O) groups excluding carboxylic acids is 1. The fraction of sp³-hybridized carbons (Fsp3) is 0.